The van der Waals surface area contributed by atoms with Crippen molar-refractivity contribution in [1.82, 2.24) is 9.78 Å². The van der Waals surface area contributed by atoms with E-state index < -0.39 is 0 Å². The predicted molar refractivity (Wildman–Crippen MR) is 76.9 cm³/mol. The standard InChI is InChI=1S/C12H12Cl3N3/c1-18-7-8(6-17-18)2-3-16-12-10(14)4-9(13)5-11(12)15/h4-7,16H,2-3H2,1H3. The first-order valence-electron chi connectivity index (χ1n) is 5.42. The fourth-order valence-corrected chi connectivity index (χ4v) is 2.59. The van der Waals surface area contributed by atoms with Gasteiger partial charge in [0.05, 0.1) is 21.9 Å². The molecule has 0 unspecified atom stereocenters. The van der Waals surface area contributed by atoms with Gasteiger partial charge in [0.1, 0.15) is 0 Å². The van der Waals surface area contributed by atoms with E-state index in [1.165, 1.54) is 0 Å². The highest BCUT2D eigenvalue weighted by Gasteiger charge is 2.07. The average molecular weight is 305 g/mol. The molecule has 0 bridgehead atoms. The lowest BCUT2D eigenvalue weighted by atomic mass is 10.2. The molecule has 2 rings (SSSR count). The molecule has 0 aliphatic heterocycles. The minimum Gasteiger partial charge on any atom is -0.382 e. The normalized spacial score (nSPS) is 10.7. The van der Waals surface area contributed by atoms with Gasteiger partial charge in [-0.05, 0) is 24.1 Å². The molecule has 3 nitrogen and oxygen atoms in total. The largest absolute Gasteiger partial charge is 0.382 e. The Morgan fingerprint density at radius 3 is 2.44 bits per heavy atom. The molecule has 18 heavy (non-hydrogen) atoms. The Bertz CT molecular complexity index is 528. The number of hydrogen-bond donors (Lipinski definition) is 1. The first kappa shape index (κ1) is 13.5. The van der Waals surface area contributed by atoms with Crippen LogP contribution in [0, 0.1) is 0 Å². The summed E-state index contributed by atoms with van der Waals surface area (Å²) in [6.45, 7) is 0.729. The summed E-state index contributed by atoms with van der Waals surface area (Å²) in [5.41, 5.74) is 1.87. The van der Waals surface area contributed by atoms with Crippen molar-refractivity contribution in [1.29, 1.82) is 0 Å². The van der Waals surface area contributed by atoms with Crippen LogP contribution in [0.4, 0.5) is 5.69 Å². The first-order valence-corrected chi connectivity index (χ1v) is 6.55. The van der Waals surface area contributed by atoms with Gasteiger partial charge in [-0.1, -0.05) is 34.8 Å². The lowest BCUT2D eigenvalue weighted by Gasteiger charge is -2.10. The van der Waals surface area contributed by atoms with Gasteiger partial charge in [-0.3, -0.25) is 4.68 Å². The molecule has 6 heteroatoms. The zero-order chi connectivity index (χ0) is 13.1. The molecular formula is C12H12Cl3N3. The summed E-state index contributed by atoms with van der Waals surface area (Å²) in [5.74, 6) is 0. The minimum absolute atomic E-state index is 0.527. The van der Waals surface area contributed by atoms with Gasteiger partial charge in [0.15, 0.2) is 0 Å². The topological polar surface area (TPSA) is 29.9 Å². The second-order valence-corrected chi connectivity index (χ2v) is 5.19. The third-order valence-electron chi connectivity index (χ3n) is 2.48. The van der Waals surface area contributed by atoms with Crippen LogP contribution in [-0.4, -0.2) is 16.3 Å². The Kier molecular flexibility index (Phi) is 4.38. The van der Waals surface area contributed by atoms with E-state index in [0.29, 0.717) is 20.8 Å². The Labute approximate surface area is 121 Å². The number of aromatic nitrogens is 2. The van der Waals surface area contributed by atoms with E-state index in [4.69, 9.17) is 34.8 Å². The highest BCUT2D eigenvalue weighted by atomic mass is 35.5. The van der Waals surface area contributed by atoms with Crippen LogP contribution in [0.5, 0.6) is 0 Å². The van der Waals surface area contributed by atoms with Crippen LogP contribution in [0.1, 0.15) is 5.56 Å². The molecule has 0 spiro atoms. The molecule has 0 atom stereocenters. The molecule has 0 saturated carbocycles. The Morgan fingerprint density at radius 1 is 1.22 bits per heavy atom. The quantitative estimate of drug-likeness (QED) is 0.924. The molecule has 2 aromatic rings. The van der Waals surface area contributed by atoms with Crippen LogP contribution in [0.15, 0.2) is 24.5 Å². The minimum atomic E-state index is 0.527. The summed E-state index contributed by atoms with van der Waals surface area (Å²) >= 11 is 18.0. The van der Waals surface area contributed by atoms with E-state index in [9.17, 15) is 0 Å². The molecule has 96 valence electrons. The van der Waals surface area contributed by atoms with Crippen molar-refractivity contribution in [2.45, 2.75) is 6.42 Å². The van der Waals surface area contributed by atoms with Gasteiger partial charge in [0.2, 0.25) is 0 Å². The molecule has 0 radical (unpaired) electrons. The maximum atomic E-state index is 6.07. The third-order valence-corrected chi connectivity index (χ3v) is 3.30. The zero-order valence-corrected chi connectivity index (χ0v) is 12.0. The van der Waals surface area contributed by atoms with E-state index in [1.54, 1.807) is 16.8 Å². The third kappa shape index (κ3) is 3.31. The summed E-state index contributed by atoms with van der Waals surface area (Å²) in [7, 11) is 1.89. The van der Waals surface area contributed by atoms with Gasteiger partial charge in [0, 0.05) is 24.8 Å². The van der Waals surface area contributed by atoms with Crippen molar-refractivity contribution < 1.29 is 0 Å². The van der Waals surface area contributed by atoms with Crippen LogP contribution < -0.4 is 5.32 Å². The molecule has 1 heterocycles. The first-order chi connectivity index (χ1) is 8.56. The van der Waals surface area contributed by atoms with Crippen molar-refractivity contribution in [2.75, 3.05) is 11.9 Å². The lowest BCUT2D eigenvalue weighted by molar-refractivity contribution is 0.767. The monoisotopic (exact) mass is 303 g/mol. The summed E-state index contributed by atoms with van der Waals surface area (Å²) in [5, 5.41) is 8.90. The molecule has 0 fully saturated rings. The van der Waals surface area contributed by atoms with Crippen LogP contribution in [0.2, 0.25) is 15.1 Å². The van der Waals surface area contributed by atoms with Gasteiger partial charge < -0.3 is 5.32 Å². The average Bonchev–Trinajstić information content (AvgIpc) is 2.68. The Morgan fingerprint density at radius 2 is 1.89 bits per heavy atom. The number of aryl methyl sites for hydroxylation is 1. The highest BCUT2D eigenvalue weighted by molar-refractivity contribution is 6.41. The summed E-state index contributed by atoms with van der Waals surface area (Å²) in [4.78, 5) is 0. The molecule has 1 aromatic heterocycles. The molecule has 0 saturated heterocycles. The van der Waals surface area contributed by atoms with Crippen LogP contribution in [-0.2, 0) is 13.5 Å². The van der Waals surface area contributed by atoms with Crippen molar-refractivity contribution in [3.63, 3.8) is 0 Å². The van der Waals surface area contributed by atoms with E-state index in [2.05, 4.69) is 10.4 Å². The van der Waals surface area contributed by atoms with Crippen molar-refractivity contribution in [3.05, 3.63) is 45.2 Å². The number of halogens is 3. The smallest absolute Gasteiger partial charge is 0.0720 e. The summed E-state index contributed by atoms with van der Waals surface area (Å²) in [6, 6.07) is 3.34. The molecule has 0 aliphatic rings. The lowest BCUT2D eigenvalue weighted by Crippen LogP contribution is -2.05. The molecule has 0 aliphatic carbocycles. The Balaban J connectivity index is 1.98. The van der Waals surface area contributed by atoms with Gasteiger partial charge in [0.25, 0.3) is 0 Å². The maximum absolute atomic E-state index is 6.07. The zero-order valence-electron chi connectivity index (χ0n) is 9.75. The van der Waals surface area contributed by atoms with Crippen molar-refractivity contribution >= 4 is 40.5 Å². The van der Waals surface area contributed by atoms with Crippen molar-refractivity contribution in [2.24, 2.45) is 7.05 Å². The van der Waals surface area contributed by atoms with Crippen LogP contribution in [0.3, 0.4) is 0 Å². The number of hydrogen-bond acceptors (Lipinski definition) is 2. The second-order valence-electron chi connectivity index (χ2n) is 3.94. The Hall–Kier alpha value is -0.900. The van der Waals surface area contributed by atoms with E-state index >= 15 is 0 Å². The number of nitrogens with zero attached hydrogens (tertiary/aromatic N) is 2. The summed E-state index contributed by atoms with van der Waals surface area (Å²) < 4.78 is 1.78. The fourth-order valence-electron chi connectivity index (χ4n) is 1.64. The molecule has 1 aromatic carbocycles. The van der Waals surface area contributed by atoms with Crippen molar-refractivity contribution in [3.8, 4) is 0 Å². The second kappa shape index (κ2) is 5.83. The van der Waals surface area contributed by atoms with Gasteiger partial charge in [-0.15, -0.1) is 0 Å². The SMILES string of the molecule is Cn1cc(CCNc2c(Cl)cc(Cl)cc2Cl)cn1. The molecular weight excluding hydrogens is 293 g/mol. The van der Waals surface area contributed by atoms with E-state index in [0.717, 1.165) is 18.5 Å². The number of rotatable bonds is 4. The predicted octanol–water partition coefficient (Wildman–Crippen LogP) is 4.03. The van der Waals surface area contributed by atoms with E-state index in [1.807, 2.05) is 19.4 Å². The number of nitrogens with one attached hydrogen (secondary N) is 1. The van der Waals surface area contributed by atoms with Gasteiger partial charge >= 0.3 is 0 Å². The van der Waals surface area contributed by atoms with Crippen LogP contribution >= 0.6 is 34.8 Å². The maximum Gasteiger partial charge on any atom is 0.0720 e. The van der Waals surface area contributed by atoms with Gasteiger partial charge in [-0.25, -0.2) is 0 Å². The number of anilines is 1. The molecule has 0 amide bonds. The van der Waals surface area contributed by atoms with Gasteiger partial charge in [-0.2, -0.15) is 5.10 Å². The molecule has 1 N–H and O–H groups in total. The van der Waals surface area contributed by atoms with E-state index in [-0.39, 0.29) is 0 Å². The summed E-state index contributed by atoms with van der Waals surface area (Å²) in [6.07, 6.45) is 4.67. The fraction of sp³-hybridized carbons (Fsp3) is 0.250. The van der Waals surface area contributed by atoms with Crippen LogP contribution in [0.25, 0.3) is 0 Å². The number of benzene rings is 1. The highest BCUT2D eigenvalue weighted by Crippen LogP contribution is 2.33.